The summed E-state index contributed by atoms with van der Waals surface area (Å²) in [5.41, 5.74) is 2.02. The summed E-state index contributed by atoms with van der Waals surface area (Å²) in [5, 5.41) is 9.85. The van der Waals surface area contributed by atoms with Crippen LogP contribution in [0.15, 0.2) is 41.2 Å². The highest BCUT2D eigenvalue weighted by molar-refractivity contribution is 6.30. The maximum Gasteiger partial charge on any atom is 0.256 e. The van der Waals surface area contributed by atoms with Crippen molar-refractivity contribution in [2.75, 3.05) is 0 Å². The fourth-order valence-electron chi connectivity index (χ4n) is 2.08. The number of halogens is 1. The highest BCUT2D eigenvalue weighted by Crippen LogP contribution is 2.23. The quantitative estimate of drug-likeness (QED) is 0.936. The fourth-order valence-corrected chi connectivity index (χ4v) is 2.21. The third-order valence-corrected chi connectivity index (χ3v) is 3.27. The van der Waals surface area contributed by atoms with Crippen LogP contribution in [0.1, 0.15) is 25.5 Å². The lowest BCUT2D eigenvalue weighted by Crippen LogP contribution is -2.26. The van der Waals surface area contributed by atoms with Gasteiger partial charge in [-0.3, -0.25) is 4.79 Å². The van der Waals surface area contributed by atoms with Crippen molar-refractivity contribution in [2.45, 2.75) is 26.5 Å². The van der Waals surface area contributed by atoms with E-state index in [1.165, 1.54) is 0 Å². The normalized spacial score (nSPS) is 11.0. The number of nitrogens with zero attached hydrogens (tertiary/aromatic N) is 1. The third kappa shape index (κ3) is 2.72. The molecule has 0 fully saturated rings. The highest BCUT2D eigenvalue weighted by atomic mass is 35.5. The van der Waals surface area contributed by atoms with Gasteiger partial charge in [-0.2, -0.15) is 0 Å². The van der Waals surface area contributed by atoms with E-state index in [9.17, 15) is 9.90 Å². The van der Waals surface area contributed by atoms with Crippen molar-refractivity contribution in [1.82, 2.24) is 4.57 Å². The molecule has 0 unspecified atom stereocenters. The predicted molar refractivity (Wildman–Crippen MR) is 77.5 cm³/mol. The van der Waals surface area contributed by atoms with Gasteiger partial charge in [-0.1, -0.05) is 23.7 Å². The van der Waals surface area contributed by atoms with Gasteiger partial charge in [0.2, 0.25) is 0 Å². The predicted octanol–water partition coefficient (Wildman–Crippen LogP) is 3.24. The van der Waals surface area contributed by atoms with Crippen molar-refractivity contribution in [2.24, 2.45) is 0 Å². The number of rotatable bonds is 3. The molecule has 0 spiro atoms. The fraction of sp³-hybridized carbons (Fsp3) is 0.267. The molecule has 4 heteroatoms. The van der Waals surface area contributed by atoms with Gasteiger partial charge in [0.1, 0.15) is 0 Å². The van der Waals surface area contributed by atoms with Crippen molar-refractivity contribution in [3.05, 3.63) is 57.3 Å². The molecule has 2 aromatic rings. The summed E-state index contributed by atoms with van der Waals surface area (Å²) in [6.07, 6.45) is 0. The van der Waals surface area contributed by atoms with Crippen LogP contribution in [0.4, 0.5) is 0 Å². The number of aliphatic hydroxyl groups is 1. The Morgan fingerprint density at radius 2 is 1.79 bits per heavy atom. The molecule has 1 aromatic carbocycles. The monoisotopic (exact) mass is 277 g/mol. The molecular formula is C15H16ClNO2. The summed E-state index contributed by atoms with van der Waals surface area (Å²) >= 11 is 5.88. The summed E-state index contributed by atoms with van der Waals surface area (Å²) < 4.78 is 1.69. The molecule has 0 amide bonds. The van der Waals surface area contributed by atoms with E-state index in [-0.39, 0.29) is 18.2 Å². The van der Waals surface area contributed by atoms with Gasteiger partial charge in [-0.05, 0) is 43.7 Å². The molecule has 19 heavy (non-hydrogen) atoms. The molecule has 0 aliphatic rings. The van der Waals surface area contributed by atoms with E-state index in [1.54, 1.807) is 22.8 Å². The Morgan fingerprint density at radius 3 is 2.32 bits per heavy atom. The lowest BCUT2D eigenvalue weighted by atomic mass is 10.1. The van der Waals surface area contributed by atoms with Crippen LogP contribution in [0.5, 0.6) is 0 Å². The summed E-state index contributed by atoms with van der Waals surface area (Å²) in [6.45, 7) is 3.65. The number of hydrogen-bond acceptors (Lipinski definition) is 2. The lowest BCUT2D eigenvalue weighted by Gasteiger charge is -2.17. The van der Waals surface area contributed by atoms with Crippen molar-refractivity contribution < 1.29 is 5.11 Å². The summed E-state index contributed by atoms with van der Waals surface area (Å²) in [5.74, 6) is 0. The molecule has 0 radical (unpaired) electrons. The van der Waals surface area contributed by atoms with Gasteiger partial charge in [0, 0.05) is 16.6 Å². The maximum atomic E-state index is 12.3. The van der Waals surface area contributed by atoms with Crippen molar-refractivity contribution >= 4 is 11.6 Å². The van der Waals surface area contributed by atoms with Crippen molar-refractivity contribution in [3.8, 4) is 11.3 Å². The molecule has 3 nitrogen and oxygen atoms in total. The first kappa shape index (κ1) is 13.8. The van der Waals surface area contributed by atoms with Gasteiger partial charge in [0.15, 0.2) is 0 Å². The van der Waals surface area contributed by atoms with Crippen LogP contribution < -0.4 is 5.56 Å². The van der Waals surface area contributed by atoms with Crippen LogP contribution in [0.25, 0.3) is 11.3 Å². The summed E-state index contributed by atoms with van der Waals surface area (Å²) in [6, 6.07) is 10.9. The first-order valence-corrected chi connectivity index (χ1v) is 6.53. The zero-order valence-electron chi connectivity index (χ0n) is 10.9. The number of aromatic nitrogens is 1. The van der Waals surface area contributed by atoms with E-state index < -0.39 is 0 Å². The summed E-state index contributed by atoms with van der Waals surface area (Å²) in [7, 11) is 0. The minimum Gasteiger partial charge on any atom is -0.391 e. The molecule has 2 rings (SSSR count). The Balaban J connectivity index is 2.67. The number of aliphatic hydroxyl groups excluding tert-OH is 1. The topological polar surface area (TPSA) is 42.2 Å². The van der Waals surface area contributed by atoms with Gasteiger partial charge in [0.05, 0.1) is 12.3 Å². The first-order chi connectivity index (χ1) is 9.04. The standard InChI is InChI=1S/C15H16ClNO2/c1-10(2)17-14(8-5-12(9-18)15(17)19)11-3-6-13(16)7-4-11/h3-8,10,18H,9H2,1-2H3. The van der Waals surface area contributed by atoms with E-state index >= 15 is 0 Å². The van der Waals surface area contributed by atoms with Crippen molar-refractivity contribution in [1.29, 1.82) is 0 Å². The largest absolute Gasteiger partial charge is 0.391 e. The molecule has 0 atom stereocenters. The van der Waals surface area contributed by atoms with E-state index in [4.69, 9.17) is 11.6 Å². The van der Waals surface area contributed by atoms with E-state index in [1.807, 2.05) is 32.0 Å². The third-order valence-electron chi connectivity index (χ3n) is 3.02. The smallest absolute Gasteiger partial charge is 0.256 e. The number of pyridine rings is 1. The van der Waals surface area contributed by atoms with Crippen LogP contribution in [0, 0.1) is 0 Å². The molecule has 1 aromatic heterocycles. The van der Waals surface area contributed by atoms with Gasteiger partial charge in [-0.25, -0.2) is 0 Å². The Morgan fingerprint density at radius 1 is 1.16 bits per heavy atom. The van der Waals surface area contributed by atoms with Gasteiger partial charge in [0.25, 0.3) is 5.56 Å². The second kappa shape index (κ2) is 5.59. The van der Waals surface area contributed by atoms with E-state index in [0.717, 1.165) is 11.3 Å². The molecule has 1 heterocycles. The second-order valence-corrected chi connectivity index (χ2v) is 5.11. The van der Waals surface area contributed by atoms with Crippen LogP contribution in [0.3, 0.4) is 0 Å². The van der Waals surface area contributed by atoms with Crippen molar-refractivity contribution in [3.63, 3.8) is 0 Å². The zero-order chi connectivity index (χ0) is 14.0. The minimum atomic E-state index is -0.244. The summed E-state index contributed by atoms with van der Waals surface area (Å²) in [4.78, 5) is 12.3. The molecule has 0 bridgehead atoms. The van der Waals surface area contributed by atoms with E-state index in [0.29, 0.717) is 10.6 Å². The highest BCUT2D eigenvalue weighted by Gasteiger charge is 2.12. The van der Waals surface area contributed by atoms with Crippen LogP contribution >= 0.6 is 11.6 Å². The zero-order valence-corrected chi connectivity index (χ0v) is 11.7. The van der Waals surface area contributed by atoms with Gasteiger partial charge in [-0.15, -0.1) is 0 Å². The molecular weight excluding hydrogens is 262 g/mol. The average Bonchev–Trinajstić information content (AvgIpc) is 2.38. The lowest BCUT2D eigenvalue weighted by molar-refractivity contribution is 0.279. The van der Waals surface area contributed by atoms with Gasteiger partial charge < -0.3 is 9.67 Å². The van der Waals surface area contributed by atoms with E-state index in [2.05, 4.69) is 0 Å². The molecule has 0 aliphatic heterocycles. The Labute approximate surface area is 117 Å². The molecule has 1 N–H and O–H groups in total. The van der Waals surface area contributed by atoms with Gasteiger partial charge >= 0.3 is 0 Å². The Hall–Kier alpha value is -1.58. The number of hydrogen-bond donors (Lipinski definition) is 1. The first-order valence-electron chi connectivity index (χ1n) is 6.16. The maximum absolute atomic E-state index is 12.3. The molecule has 0 saturated heterocycles. The van der Waals surface area contributed by atoms with Crippen LogP contribution in [-0.4, -0.2) is 9.67 Å². The molecule has 0 aliphatic carbocycles. The minimum absolute atomic E-state index is 0.0182. The Bertz CT molecular complexity index is 630. The molecule has 100 valence electrons. The van der Waals surface area contributed by atoms with Crippen LogP contribution in [-0.2, 0) is 6.61 Å². The molecule has 0 saturated carbocycles. The van der Waals surface area contributed by atoms with Crippen LogP contribution in [0.2, 0.25) is 5.02 Å². The SMILES string of the molecule is CC(C)n1c(-c2ccc(Cl)cc2)ccc(CO)c1=O. The number of benzene rings is 1. The Kier molecular flexibility index (Phi) is 4.08. The average molecular weight is 278 g/mol. The second-order valence-electron chi connectivity index (χ2n) is 4.68.